The Morgan fingerprint density at radius 1 is 1.10 bits per heavy atom. The Hall–Kier alpha value is -3.03. The van der Waals surface area contributed by atoms with E-state index in [-0.39, 0.29) is 16.6 Å². The third kappa shape index (κ3) is 5.52. The number of halogens is 6. The lowest BCUT2D eigenvalue weighted by atomic mass is 10.1. The van der Waals surface area contributed by atoms with Crippen LogP contribution in [0.25, 0.3) is 0 Å². The summed E-state index contributed by atoms with van der Waals surface area (Å²) in [7, 11) is 2.84. The van der Waals surface area contributed by atoms with Gasteiger partial charge in [0.2, 0.25) is 5.88 Å². The van der Waals surface area contributed by atoms with Crippen LogP contribution in [0.1, 0.15) is 27.0 Å². The van der Waals surface area contributed by atoms with Crippen LogP contribution in [-0.2, 0) is 19.0 Å². The van der Waals surface area contributed by atoms with E-state index in [0.717, 1.165) is 4.90 Å². The van der Waals surface area contributed by atoms with Gasteiger partial charge in [-0.05, 0) is 35.3 Å². The number of rotatable bonds is 5. The van der Waals surface area contributed by atoms with E-state index in [1.807, 2.05) is 0 Å². The van der Waals surface area contributed by atoms with Crippen LogP contribution in [-0.4, -0.2) is 35.3 Å². The van der Waals surface area contributed by atoms with Crippen molar-refractivity contribution >= 4 is 28.5 Å². The predicted octanol–water partition coefficient (Wildman–Crippen LogP) is 3.95. The lowest BCUT2D eigenvalue weighted by Crippen LogP contribution is -2.28. The molecular weight excluding hydrogens is 442 g/mol. The highest BCUT2D eigenvalue weighted by molar-refractivity contribution is 7.11. The first-order chi connectivity index (χ1) is 13.7. The first-order valence-electron chi connectivity index (χ1n) is 7.89. The number of benzene rings is 1. The number of aromatic nitrogens is 1. The quantitative estimate of drug-likeness (QED) is 0.666. The molecule has 0 aliphatic heterocycles. The number of urea groups is 1. The molecule has 1 heterocycles. The summed E-state index contributed by atoms with van der Waals surface area (Å²) in [4.78, 5) is 24.6. The van der Waals surface area contributed by atoms with E-state index < -0.39 is 53.5 Å². The van der Waals surface area contributed by atoms with E-state index in [1.54, 1.807) is 0 Å². The maximum absolute atomic E-state index is 12.9. The van der Waals surface area contributed by atoms with Gasteiger partial charge in [-0.3, -0.25) is 10.1 Å². The van der Waals surface area contributed by atoms with E-state index in [4.69, 9.17) is 10.5 Å². The normalized spacial score (nSPS) is 11.9. The van der Waals surface area contributed by atoms with Crippen LogP contribution >= 0.6 is 11.5 Å². The average Bonchev–Trinajstić information content (AvgIpc) is 3.00. The zero-order valence-corrected chi connectivity index (χ0v) is 16.1. The van der Waals surface area contributed by atoms with Gasteiger partial charge in [0.15, 0.2) is 0 Å². The molecule has 0 fully saturated rings. The van der Waals surface area contributed by atoms with Gasteiger partial charge in [0, 0.05) is 14.1 Å². The molecule has 0 saturated carbocycles. The molecule has 1 aromatic carbocycles. The van der Waals surface area contributed by atoms with E-state index in [9.17, 15) is 35.9 Å². The molecule has 1 aromatic heterocycles. The van der Waals surface area contributed by atoms with Gasteiger partial charge in [0.1, 0.15) is 17.2 Å². The van der Waals surface area contributed by atoms with Gasteiger partial charge in [0.25, 0.3) is 5.91 Å². The number of nitrogens with zero attached hydrogens (tertiary/aromatic N) is 2. The van der Waals surface area contributed by atoms with Gasteiger partial charge >= 0.3 is 18.4 Å². The molecule has 2 aromatic rings. The van der Waals surface area contributed by atoms with Crippen molar-refractivity contribution in [3.63, 3.8) is 0 Å². The molecule has 164 valence electrons. The van der Waals surface area contributed by atoms with Gasteiger partial charge in [-0.25, -0.2) is 4.79 Å². The lowest BCUT2D eigenvalue weighted by molar-refractivity contribution is -0.143. The second-order valence-corrected chi connectivity index (χ2v) is 6.86. The number of carbonyl (C=O) groups excluding carboxylic acids is 2. The first kappa shape index (κ1) is 23.3. The van der Waals surface area contributed by atoms with E-state index in [0.29, 0.717) is 23.7 Å². The molecule has 2 rings (SSSR count). The van der Waals surface area contributed by atoms with Gasteiger partial charge in [-0.1, -0.05) is 0 Å². The second kappa shape index (κ2) is 8.38. The van der Waals surface area contributed by atoms with Crippen LogP contribution in [0.5, 0.6) is 5.88 Å². The van der Waals surface area contributed by atoms with Crippen LogP contribution in [0, 0.1) is 0 Å². The van der Waals surface area contributed by atoms with Gasteiger partial charge in [-0.2, -0.15) is 30.7 Å². The summed E-state index contributed by atoms with van der Waals surface area (Å²) in [6, 6.07) is 0.330. The van der Waals surface area contributed by atoms with Crippen molar-refractivity contribution in [2.45, 2.75) is 19.0 Å². The fourth-order valence-corrected chi connectivity index (χ4v) is 2.87. The lowest BCUT2D eigenvalue weighted by Gasteiger charge is -2.14. The minimum Gasteiger partial charge on any atom is -0.472 e. The summed E-state index contributed by atoms with van der Waals surface area (Å²) in [5, 5.41) is 2.25. The SMILES string of the molecule is CN(C)C(=O)Nc1snc(OCc2cc(C(F)(F)F)cc(C(F)(F)F)c2)c1C(N)=O. The Kier molecular flexibility index (Phi) is 6.49. The molecule has 30 heavy (non-hydrogen) atoms. The minimum absolute atomic E-state index is 0.0178. The molecule has 0 aliphatic rings. The number of alkyl halides is 6. The van der Waals surface area contributed by atoms with Crippen molar-refractivity contribution in [1.82, 2.24) is 9.27 Å². The topological polar surface area (TPSA) is 97.6 Å². The Morgan fingerprint density at radius 3 is 2.07 bits per heavy atom. The molecule has 3 N–H and O–H groups in total. The number of hydrogen-bond acceptors (Lipinski definition) is 5. The summed E-state index contributed by atoms with van der Waals surface area (Å²) in [6.45, 7) is -0.766. The van der Waals surface area contributed by atoms with Crippen LogP contribution in [0.4, 0.5) is 36.1 Å². The number of amides is 3. The molecule has 0 aliphatic carbocycles. The van der Waals surface area contributed by atoms with Crippen LogP contribution in [0.15, 0.2) is 18.2 Å². The molecular formula is C16H14F6N4O3S. The minimum atomic E-state index is -5.02. The Labute approximate surface area is 169 Å². The van der Waals surface area contributed by atoms with Crippen molar-refractivity contribution in [2.75, 3.05) is 19.4 Å². The number of anilines is 1. The Balaban J connectivity index is 2.34. The molecule has 0 spiro atoms. The highest BCUT2D eigenvalue weighted by Crippen LogP contribution is 2.37. The van der Waals surface area contributed by atoms with Crippen LogP contribution in [0.3, 0.4) is 0 Å². The molecule has 0 unspecified atom stereocenters. The van der Waals surface area contributed by atoms with Crippen molar-refractivity contribution in [3.05, 3.63) is 40.5 Å². The fourth-order valence-electron chi connectivity index (χ4n) is 2.14. The Bertz CT molecular complexity index is 923. The van der Waals surface area contributed by atoms with E-state index in [2.05, 4.69) is 9.69 Å². The summed E-state index contributed by atoms with van der Waals surface area (Å²) >= 11 is 0.606. The highest BCUT2D eigenvalue weighted by Gasteiger charge is 2.37. The predicted molar refractivity (Wildman–Crippen MR) is 94.1 cm³/mol. The largest absolute Gasteiger partial charge is 0.472 e. The number of nitrogens with two attached hydrogens (primary N) is 1. The number of carbonyl (C=O) groups is 2. The molecule has 0 atom stereocenters. The smallest absolute Gasteiger partial charge is 0.416 e. The molecule has 14 heteroatoms. The van der Waals surface area contributed by atoms with Gasteiger partial charge < -0.3 is 15.4 Å². The van der Waals surface area contributed by atoms with Crippen molar-refractivity contribution in [2.24, 2.45) is 5.73 Å². The van der Waals surface area contributed by atoms with Crippen molar-refractivity contribution < 1.29 is 40.7 Å². The van der Waals surface area contributed by atoms with Gasteiger partial charge in [0.05, 0.1) is 11.1 Å². The summed E-state index contributed by atoms with van der Waals surface area (Å²) in [6.07, 6.45) is -10.0. The highest BCUT2D eigenvalue weighted by atomic mass is 32.1. The molecule has 7 nitrogen and oxygen atoms in total. The van der Waals surface area contributed by atoms with E-state index >= 15 is 0 Å². The fraction of sp³-hybridized carbons (Fsp3) is 0.312. The second-order valence-electron chi connectivity index (χ2n) is 6.08. The maximum Gasteiger partial charge on any atom is 0.416 e. The van der Waals surface area contributed by atoms with Crippen molar-refractivity contribution in [1.29, 1.82) is 0 Å². The third-order valence-electron chi connectivity index (χ3n) is 3.56. The molecule has 0 bridgehead atoms. The number of nitrogens with one attached hydrogen (secondary N) is 1. The van der Waals surface area contributed by atoms with Crippen LogP contribution < -0.4 is 15.8 Å². The molecule has 0 saturated heterocycles. The Morgan fingerprint density at radius 2 is 1.63 bits per heavy atom. The van der Waals surface area contributed by atoms with Crippen molar-refractivity contribution in [3.8, 4) is 5.88 Å². The number of ether oxygens (including phenoxy) is 1. The number of primary amides is 1. The summed E-state index contributed by atoms with van der Waals surface area (Å²) in [5.41, 5.74) is 1.38. The third-order valence-corrected chi connectivity index (χ3v) is 4.30. The number of hydrogen-bond donors (Lipinski definition) is 2. The zero-order valence-electron chi connectivity index (χ0n) is 15.3. The average molecular weight is 456 g/mol. The molecule has 0 radical (unpaired) electrons. The first-order valence-corrected chi connectivity index (χ1v) is 8.66. The maximum atomic E-state index is 12.9. The molecule has 3 amide bonds. The zero-order chi connectivity index (χ0) is 22.9. The standard InChI is InChI=1S/C16H14F6N4O3S/c1-26(2)14(28)24-13-10(11(23)27)12(25-30-13)29-6-7-3-8(15(17,18)19)5-9(4-7)16(20,21)22/h3-5H,6H2,1-2H3,(H2,23,27)(H,24,28). The summed E-state index contributed by atoms with van der Waals surface area (Å²) < 4.78 is 86.5. The van der Waals surface area contributed by atoms with E-state index in [1.165, 1.54) is 14.1 Å². The van der Waals surface area contributed by atoms with Gasteiger partial charge in [-0.15, -0.1) is 0 Å². The monoisotopic (exact) mass is 456 g/mol. The summed E-state index contributed by atoms with van der Waals surface area (Å²) in [5.74, 6) is -1.50. The van der Waals surface area contributed by atoms with Crippen LogP contribution in [0.2, 0.25) is 0 Å².